The second-order valence-electron chi connectivity index (χ2n) is 6.35. The zero-order valence-electron chi connectivity index (χ0n) is 12.1. The van der Waals surface area contributed by atoms with Crippen LogP contribution in [-0.2, 0) is 4.74 Å². The maximum absolute atomic E-state index is 5.57. The Morgan fingerprint density at radius 1 is 0.944 bits per heavy atom. The maximum Gasteiger partial charge on any atom is 0.0494 e. The van der Waals surface area contributed by atoms with Crippen molar-refractivity contribution in [3.8, 4) is 0 Å². The fourth-order valence-corrected chi connectivity index (χ4v) is 3.96. The van der Waals surface area contributed by atoms with E-state index in [0.29, 0.717) is 0 Å². The second kappa shape index (κ2) is 7.33. The van der Waals surface area contributed by atoms with Crippen molar-refractivity contribution in [3.63, 3.8) is 0 Å². The standard InChI is InChI=1S/C17H30O/c1-3-14-5-9-16(10-6-14)17-11-7-15(8-12-17)13-18-4-2/h3,14-17H,1,4-13H2,2H3/t14-,15-,16-,17-. The number of rotatable bonds is 5. The number of hydrogen-bond donors (Lipinski definition) is 0. The number of allylic oxidation sites excluding steroid dienone is 1. The fraction of sp³-hybridized carbons (Fsp3) is 0.882. The first-order chi connectivity index (χ1) is 8.83. The molecule has 1 heteroatoms. The van der Waals surface area contributed by atoms with Gasteiger partial charge in [-0.05, 0) is 82.0 Å². The van der Waals surface area contributed by atoms with Gasteiger partial charge in [-0.15, -0.1) is 6.58 Å². The van der Waals surface area contributed by atoms with Gasteiger partial charge in [0.15, 0.2) is 0 Å². The minimum Gasteiger partial charge on any atom is -0.381 e. The van der Waals surface area contributed by atoms with E-state index < -0.39 is 0 Å². The van der Waals surface area contributed by atoms with Gasteiger partial charge in [0.1, 0.15) is 0 Å². The van der Waals surface area contributed by atoms with E-state index in [9.17, 15) is 0 Å². The molecule has 0 amide bonds. The molecule has 1 nitrogen and oxygen atoms in total. The van der Waals surface area contributed by atoms with Crippen LogP contribution in [0.3, 0.4) is 0 Å². The first kappa shape index (κ1) is 14.1. The summed E-state index contributed by atoms with van der Waals surface area (Å²) in [5.74, 6) is 3.71. The Bertz CT molecular complexity index is 232. The average molecular weight is 250 g/mol. The van der Waals surface area contributed by atoms with Gasteiger partial charge >= 0.3 is 0 Å². The largest absolute Gasteiger partial charge is 0.381 e. The number of ether oxygens (including phenoxy) is 1. The lowest BCUT2D eigenvalue weighted by Gasteiger charge is -2.37. The van der Waals surface area contributed by atoms with Crippen molar-refractivity contribution >= 4 is 0 Å². The molecule has 0 N–H and O–H groups in total. The molecule has 0 radical (unpaired) electrons. The van der Waals surface area contributed by atoms with Crippen molar-refractivity contribution in [1.82, 2.24) is 0 Å². The van der Waals surface area contributed by atoms with E-state index >= 15 is 0 Å². The van der Waals surface area contributed by atoms with Crippen LogP contribution < -0.4 is 0 Å². The van der Waals surface area contributed by atoms with E-state index in [-0.39, 0.29) is 0 Å². The van der Waals surface area contributed by atoms with Crippen LogP contribution in [0.5, 0.6) is 0 Å². The average Bonchev–Trinajstić information content (AvgIpc) is 2.46. The quantitative estimate of drug-likeness (QED) is 0.636. The third-order valence-corrected chi connectivity index (χ3v) is 5.27. The Morgan fingerprint density at radius 3 is 2.00 bits per heavy atom. The SMILES string of the molecule is C=C[C@H]1CC[C@H]([C@H]2CC[C@H](COCC)CC2)CC1. The molecule has 0 aromatic heterocycles. The molecule has 0 heterocycles. The van der Waals surface area contributed by atoms with Crippen LogP contribution in [0.15, 0.2) is 12.7 Å². The van der Waals surface area contributed by atoms with Gasteiger partial charge in [-0.1, -0.05) is 6.08 Å². The fourth-order valence-electron chi connectivity index (χ4n) is 3.96. The molecular weight excluding hydrogens is 220 g/mol. The molecule has 2 saturated carbocycles. The van der Waals surface area contributed by atoms with E-state index in [2.05, 4.69) is 19.6 Å². The van der Waals surface area contributed by atoms with E-state index in [4.69, 9.17) is 4.74 Å². The topological polar surface area (TPSA) is 9.23 Å². The van der Waals surface area contributed by atoms with Crippen molar-refractivity contribution in [1.29, 1.82) is 0 Å². The van der Waals surface area contributed by atoms with Gasteiger partial charge in [-0.3, -0.25) is 0 Å². The predicted molar refractivity (Wildman–Crippen MR) is 77.6 cm³/mol. The predicted octanol–water partition coefficient (Wildman–Crippen LogP) is 4.82. The van der Waals surface area contributed by atoms with E-state index in [1.165, 1.54) is 51.4 Å². The van der Waals surface area contributed by atoms with Crippen molar-refractivity contribution in [2.24, 2.45) is 23.7 Å². The van der Waals surface area contributed by atoms with Crippen molar-refractivity contribution in [2.45, 2.75) is 58.3 Å². The summed E-state index contributed by atoms with van der Waals surface area (Å²) in [5.41, 5.74) is 0. The van der Waals surface area contributed by atoms with Gasteiger partial charge in [0, 0.05) is 13.2 Å². The Kier molecular flexibility index (Phi) is 5.75. The zero-order valence-corrected chi connectivity index (χ0v) is 12.1. The molecule has 104 valence electrons. The molecule has 0 saturated heterocycles. The zero-order chi connectivity index (χ0) is 12.8. The van der Waals surface area contributed by atoms with Crippen molar-refractivity contribution < 1.29 is 4.74 Å². The summed E-state index contributed by atoms with van der Waals surface area (Å²) >= 11 is 0. The molecule has 0 spiro atoms. The molecule has 0 aliphatic heterocycles. The lowest BCUT2D eigenvalue weighted by molar-refractivity contribution is 0.0727. The first-order valence-electron chi connectivity index (χ1n) is 8.03. The van der Waals surface area contributed by atoms with E-state index in [1.807, 2.05) is 0 Å². The van der Waals surface area contributed by atoms with Gasteiger partial charge in [0.2, 0.25) is 0 Å². The summed E-state index contributed by atoms with van der Waals surface area (Å²) < 4.78 is 5.57. The summed E-state index contributed by atoms with van der Waals surface area (Å²) in [5, 5.41) is 0. The Labute approximate surface area is 113 Å². The molecule has 2 fully saturated rings. The summed E-state index contributed by atoms with van der Waals surface area (Å²) in [6.07, 6.45) is 13.6. The van der Waals surface area contributed by atoms with Gasteiger partial charge < -0.3 is 4.74 Å². The summed E-state index contributed by atoms with van der Waals surface area (Å²) in [6.45, 7) is 7.93. The summed E-state index contributed by atoms with van der Waals surface area (Å²) in [6, 6.07) is 0. The van der Waals surface area contributed by atoms with E-state index in [1.54, 1.807) is 0 Å². The van der Waals surface area contributed by atoms with Gasteiger partial charge in [-0.2, -0.15) is 0 Å². The molecule has 0 atom stereocenters. The molecule has 2 rings (SSSR count). The molecule has 2 aliphatic rings. The first-order valence-corrected chi connectivity index (χ1v) is 8.03. The Balaban J connectivity index is 1.68. The van der Waals surface area contributed by atoms with Crippen LogP contribution in [0.25, 0.3) is 0 Å². The van der Waals surface area contributed by atoms with Crippen molar-refractivity contribution in [3.05, 3.63) is 12.7 Å². The number of hydrogen-bond acceptors (Lipinski definition) is 1. The lowest BCUT2D eigenvalue weighted by Crippen LogP contribution is -2.26. The molecule has 0 aromatic carbocycles. The summed E-state index contributed by atoms with van der Waals surface area (Å²) in [7, 11) is 0. The highest BCUT2D eigenvalue weighted by molar-refractivity contribution is 4.87. The van der Waals surface area contributed by atoms with Gasteiger partial charge in [-0.25, -0.2) is 0 Å². The Morgan fingerprint density at radius 2 is 1.50 bits per heavy atom. The minimum absolute atomic E-state index is 0.815. The van der Waals surface area contributed by atoms with E-state index in [0.717, 1.165) is 36.9 Å². The van der Waals surface area contributed by atoms with Crippen LogP contribution in [0.2, 0.25) is 0 Å². The normalized spacial score (nSPS) is 37.4. The highest BCUT2D eigenvalue weighted by Crippen LogP contribution is 2.41. The minimum atomic E-state index is 0.815. The van der Waals surface area contributed by atoms with Crippen LogP contribution in [0.4, 0.5) is 0 Å². The molecule has 18 heavy (non-hydrogen) atoms. The molecule has 2 aliphatic carbocycles. The van der Waals surface area contributed by atoms with Crippen LogP contribution in [-0.4, -0.2) is 13.2 Å². The lowest BCUT2D eigenvalue weighted by atomic mass is 9.69. The summed E-state index contributed by atoms with van der Waals surface area (Å²) in [4.78, 5) is 0. The highest BCUT2D eigenvalue weighted by atomic mass is 16.5. The molecule has 0 aromatic rings. The van der Waals surface area contributed by atoms with Crippen LogP contribution >= 0.6 is 0 Å². The third kappa shape index (κ3) is 3.85. The van der Waals surface area contributed by atoms with Gasteiger partial charge in [0.25, 0.3) is 0 Å². The van der Waals surface area contributed by atoms with Gasteiger partial charge in [0.05, 0.1) is 0 Å². The monoisotopic (exact) mass is 250 g/mol. The second-order valence-corrected chi connectivity index (χ2v) is 6.35. The molecular formula is C17H30O. The molecule has 0 bridgehead atoms. The van der Waals surface area contributed by atoms with Crippen LogP contribution in [0, 0.1) is 23.7 Å². The molecule has 0 unspecified atom stereocenters. The maximum atomic E-state index is 5.57. The Hall–Kier alpha value is -0.300. The van der Waals surface area contributed by atoms with Crippen LogP contribution in [0.1, 0.15) is 58.3 Å². The van der Waals surface area contributed by atoms with Crippen molar-refractivity contribution in [2.75, 3.05) is 13.2 Å². The highest BCUT2D eigenvalue weighted by Gasteiger charge is 2.30. The smallest absolute Gasteiger partial charge is 0.0494 e. The third-order valence-electron chi connectivity index (χ3n) is 5.27.